The van der Waals surface area contributed by atoms with Crippen LogP contribution in [0, 0.1) is 0 Å². The van der Waals surface area contributed by atoms with Gasteiger partial charge in [-0.15, -0.1) is 0 Å². The predicted octanol–water partition coefficient (Wildman–Crippen LogP) is 2.48. The van der Waals surface area contributed by atoms with Crippen LogP contribution in [0.15, 0.2) is 36.4 Å². The molecule has 0 fully saturated rings. The Bertz CT molecular complexity index is 820. The van der Waals surface area contributed by atoms with Gasteiger partial charge in [-0.2, -0.15) is 0 Å². The van der Waals surface area contributed by atoms with Gasteiger partial charge >= 0.3 is 5.97 Å². The molecule has 0 saturated heterocycles. The number of ether oxygens (including phenoxy) is 1. The first-order chi connectivity index (χ1) is 10.5. The number of rotatable bonds is 2. The second kappa shape index (κ2) is 5.11. The molecule has 2 aromatic rings. The molecular weight excluding hydrogens is 284 g/mol. The number of aromatic hydroxyl groups is 1. The van der Waals surface area contributed by atoms with E-state index in [0.717, 1.165) is 0 Å². The van der Waals surface area contributed by atoms with E-state index in [0.29, 0.717) is 5.56 Å². The van der Waals surface area contributed by atoms with Gasteiger partial charge in [-0.1, -0.05) is 31.2 Å². The standard InChI is InChI=1S/C17H12O5/c1-2-13(18)22-12-8-7-11-14(17(12)21)16(20)10-6-4-3-5-9(10)15(11)19/h3-8,21H,2H2,1H3. The number of ketones is 2. The minimum atomic E-state index is -0.537. The fourth-order valence-corrected chi connectivity index (χ4v) is 2.43. The Kier molecular flexibility index (Phi) is 3.25. The molecular formula is C17H12O5. The van der Waals surface area contributed by atoms with Gasteiger partial charge < -0.3 is 9.84 Å². The Morgan fingerprint density at radius 2 is 1.64 bits per heavy atom. The minimum absolute atomic E-state index is 0.109. The van der Waals surface area contributed by atoms with E-state index in [9.17, 15) is 19.5 Å². The number of phenolic OH excluding ortho intramolecular Hbond substituents is 1. The van der Waals surface area contributed by atoms with Crippen LogP contribution >= 0.6 is 0 Å². The third-order valence-corrected chi connectivity index (χ3v) is 3.54. The first-order valence-corrected chi connectivity index (χ1v) is 6.79. The summed E-state index contributed by atoms with van der Waals surface area (Å²) in [4.78, 5) is 36.3. The molecule has 5 nitrogen and oxygen atoms in total. The molecule has 0 heterocycles. The molecule has 0 spiro atoms. The van der Waals surface area contributed by atoms with Gasteiger partial charge in [0.05, 0.1) is 5.56 Å². The van der Waals surface area contributed by atoms with E-state index in [4.69, 9.17) is 4.74 Å². The highest BCUT2D eigenvalue weighted by Crippen LogP contribution is 2.38. The summed E-state index contributed by atoms with van der Waals surface area (Å²) in [6.45, 7) is 1.61. The van der Waals surface area contributed by atoms with Gasteiger partial charge in [0.2, 0.25) is 0 Å². The molecule has 0 unspecified atom stereocenters. The van der Waals surface area contributed by atoms with Crippen LogP contribution in [0.2, 0.25) is 0 Å². The van der Waals surface area contributed by atoms with E-state index in [2.05, 4.69) is 0 Å². The molecule has 1 aliphatic carbocycles. The number of hydrogen-bond donors (Lipinski definition) is 1. The number of phenols is 1. The molecule has 3 rings (SSSR count). The van der Waals surface area contributed by atoms with Gasteiger partial charge in [-0.25, -0.2) is 0 Å². The SMILES string of the molecule is CCC(=O)Oc1ccc2c(c1O)C(=O)c1ccccc1C2=O. The van der Waals surface area contributed by atoms with E-state index in [1.54, 1.807) is 25.1 Å². The molecule has 110 valence electrons. The number of benzene rings is 2. The van der Waals surface area contributed by atoms with Crippen molar-refractivity contribution in [2.24, 2.45) is 0 Å². The largest absolute Gasteiger partial charge is 0.504 e. The molecule has 1 N–H and O–H groups in total. The number of carbonyl (C=O) groups is 3. The molecule has 0 saturated carbocycles. The van der Waals surface area contributed by atoms with Gasteiger partial charge in [0.15, 0.2) is 23.1 Å². The van der Waals surface area contributed by atoms with E-state index in [1.807, 2.05) is 0 Å². The van der Waals surface area contributed by atoms with Gasteiger partial charge in [0.1, 0.15) is 0 Å². The molecule has 0 atom stereocenters. The second-order valence-electron chi connectivity index (χ2n) is 4.87. The smallest absolute Gasteiger partial charge is 0.311 e. The summed E-state index contributed by atoms with van der Waals surface area (Å²) in [6, 6.07) is 9.13. The zero-order valence-corrected chi connectivity index (χ0v) is 11.8. The molecule has 0 aromatic heterocycles. The van der Waals surface area contributed by atoms with Crippen molar-refractivity contribution in [3.05, 3.63) is 58.7 Å². The van der Waals surface area contributed by atoms with E-state index in [-0.39, 0.29) is 34.6 Å². The average Bonchev–Trinajstić information content (AvgIpc) is 2.54. The Hall–Kier alpha value is -2.95. The summed E-state index contributed by atoms with van der Waals surface area (Å²) >= 11 is 0. The van der Waals surface area contributed by atoms with Gasteiger partial charge in [0, 0.05) is 23.1 Å². The lowest BCUT2D eigenvalue weighted by molar-refractivity contribution is -0.134. The maximum atomic E-state index is 12.5. The molecule has 0 bridgehead atoms. The van der Waals surface area contributed by atoms with Crippen LogP contribution in [0.4, 0.5) is 0 Å². The topological polar surface area (TPSA) is 80.7 Å². The molecule has 0 amide bonds. The first-order valence-electron chi connectivity index (χ1n) is 6.79. The van der Waals surface area contributed by atoms with Crippen molar-refractivity contribution in [3.63, 3.8) is 0 Å². The van der Waals surface area contributed by atoms with Crippen LogP contribution in [-0.2, 0) is 4.79 Å². The normalized spacial score (nSPS) is 12.6. The van der Waals surface area contributed by atoms with E-state index in [1.165, 1.54) is 18.2 Å². The predicted molar refractivity (Wildman–Crippen MR) is 77.3 cm³/mol. The first kappa shape index (κ1) is 14.0. The summed E-state index contributed by atoms with van der Waals surface area (Å²) in [5.74, 6) is -1.94. The number of hydrogen-bond acceptors (Lipinski definition) is 5. The molecule has 5 heteroatoms. The zero-order valence-electron chi connectivity index (χ0n) is 11.8. The van der Waals surface area contributed by atoms with Crippen LogP contribution in [0.25, 0.3) is 0 Å². The summed E-state index contributed by atoms with van der Waals surface area (Å²) in [6.07, 6.45) is 0.131. The molecule has 22 heavy (non-hydrogen) atoms. The van der Waals surface area contributed by atoms with Crippen LogP contribution in [0.3, 0.4) is 0 Å². The monoisotopic (exact) mass is 296 g/mol. The molecule has 1 aliphatic rings. The lowest BCUT2D eigenvalue weighted by Gasteiger charge is -2.19. The van der Waals surface area contributed by atoms with Crippen molar-refractivity contribution in [3.8, 4) is 11.5 Å². The number of carbonyl (C=O) groups excluding carboxylic acids is 3. The Morgan fingerprint density at radius 1 is 1.00 bits per heavy atom. The third-order valence-electron chi connectivity index (χ3n) is 3.54. The van der Waals surface area contributed by atoms with Crippen molar-refractivity contribution >= 4 is 17.5 Å². The Balaban J connectivity index is 2.17. The summed E-state index contributed by atoms with van der Waals surface area (Å²) in [7, 11) is 0. The molecule has 2 aromatic carbocycles. The summed E-state index contributed by atoms with van der Waals surface area (Å²) in [5.41, 5.74) is 0.523. The maximum Gasteiger partial charge on any atom is 0.311 e. The fourth-order valence-electron chi connectivity index (χ4n) is 2.43. The zero-order chi connectivity index (χ0) is 15.9. The quantitative estimate of drug-likeness (QED) is 0.580. The van der Waals surface area contributed by atoms with Crippen LogP contribution in [0.5, 0.6) is 11.5 Å². The lowest BCUT2D eigenvalue weighted by Crippen LogP contribution is -2.21. The van der Waals surface area contributed by atoms with Crippen molar-refractivity contribution in [1.29, 1.82) is 0 Å². The Labute approximate surface area is 126 Å². The summed E-state index contributed by atoms with van der Waals surface area (Å²) in [5, 5.41) is 10.2. The second-order valence-corrected chi connectivity index (χ2v) is 4.87. The van der Waals surface area contributed by atoms with Crippen molar-refractivity contribution < 1.29 is 24.2 Å². The van der Waals surface area contributed by atoms with Crippen LogP contribution < -0.4 is 4.74 Å². The minimum Gasteiger partial charge on any atom is -0.504 e. The van der Waals surface area contributed by atoms with Gasteiger partial charge in [-0.05, 0) is 12.1 Å². The number of esters is 1. The van der Waals surface area contributed by atoms with Gasteiger partial charge in [-0.3, -0.25) is 14.4 Å². The maximum absolute atomic E-state index is 12.5. The number of fused-ring (bicyclic) bond motifs is 2. The molecule has 0 aliphatic heterocycles. The van der Waals surface area contributed by atoms with Crippen molar-refractivity contribution in [1.82, 2.24) is 0 Å². The third kappa shape index (κ3) is 1.98. The van der Waals surface area contributed by atoms with E-state index < -0.39 is 17.5 Å². The highest BCUT2D eigenvalue weighted by Gasteiger charge is 2.33. The van der Waals surface area contributed by atoms with Crippen LogP contribution in [-0.4, -0.2) is 22.6 Å². The highest BCUT2D eigenvalue weighted by atomic mass is 16.5. The summed E-state index contributed by atoms with van der Waals surface area (Å²) < 4.78 is 4.98. The highest BCUT2D eigenvalue weighted by molar-refractivity contribution is 6.29. The Morgan fingerprint density at radius 3 is 2.27 bits per heavy atom. The van der Waals surface area contributed by atoms with Gasteiger partial charge in [0.25, 0.3) is 0 Å². The van der Waals surface area contributed by atoms with E-state index >= 15 is 0 Å². The molecule has 0 radical (unpaired) electrons. The lowest BCUT2D eigenvalue weighted by atomic mass is 9.83. The van der Waals surface area contributed by atoms with Crippen molar-refractivity contribution in [2.45, 2.75) is 13.3 Å². The van der Waals surface area contributed by atoms with Crippen molar-refractivity contribution in [2.75, 3.05) is 0 Å². The van der Waals surface area contributed by atoms with Crippen LogP contribution in [0.1, 0.15) is 45.2 Å². The average molecular weight is 296 g/mol. The fraction of sp³-hybridized carbons (Fsp3) is 0.118.